The van der Waals surface area contributed by atoms with Gasteiger partial charge in [0.25, 0.3) is 0 Å². The van der Waals surface area contributed by atoms with Crippen LogP contribution >= 0.6 is 15.9 Å². The molecule has 1 aromatic heterocycles. The van der Waals surface area contributed by atoms with Crippen molar-refractivity contribution in [3.63, 3.8) is 0 Å². The van der Waals surface area contributed by atoms with Crippen LogP contribution in [-0.4, -0.2) is 9.78 Å². The van der Waals surface area contributed by atoms with Gasteiger partial charge in [-0.15, -0.1) is 0 Å². The van der Waals surface area contributed by atoms with E-state index in [0.717, 1.165) is 21.9 Å². The van der Waals surface area contributed by atoms with Crippen LogP contribution in [0.25, 0.3) is 0 Å². The molecule has 1 fully saturated rings. The van der Waals surface area contributed by atoms with Crippen LogP contribution in [0, 0.1) is 5.92 Å². The van der Waals surface area contributed by atoms with Crippen molar-refractivity contribution >= 4 is 21.7 Å². The van der Waals surface area contributed by atoms with Crippen LogP contribution in [-0.2, 0) is 0 Å². The molecule has 2 rings (SSSR count). The first kappa shape index (κ1) is 11.0. The number of rotatable bonds is 3. The van der Waals surface area contributed by atoms with Gasteiger partial charge < -0.3 is 5.73 Å². The molecule has 3 nitrogen and oxygen atoms in total. The highest BCUT2D eigenvalue weighted by Gasteiger charge is 2.31. The topological polar surface area (TPSA) is 43.8 Å². The summed E-state index contributed by atoms with van der Waals surface area (Å²) < 4.78 is 2.96. The fraction of sp³-hybridized carbons (Fsp3) is 0.727. The third kappa shape index (κ3) is 1.92. The maximum Gasteiger partial charge on any atom is 0.136 e. The molecule has 0 bridgehead atoms. The summed E-state index contributed by atoms with van der Waals surface area (Å²) >= 11 is 3.53. The Hall–Kier alpha value is -0.510. The first-order valence-electron chi connectivity index (χ1n) is 5.55. The molecule has 1 unspecified atom stereocenters. The molecule has 0 spiro atoms. The monoisotopic (exact) mass is 271 g/mol. The maximum atomic E-state index is 6.06. The molecule has 0 aliphatic heterocycles. The zero-order chi connectivity index (χ0) is 11.2. The standard InChI is InChI=1S/C11H18BrN3/c1-6(2)10-9(12)11(13)15(14-10)7(3)8-4-5-8/h6-8H,4-5,13H2,1-3H3. The van der Waals surface area contributed by atoms with Crippen LogP contribution in [0.4, 0.5) is 5.82 Å². The molecule has 1 heterocycles. The van der Waals surface area contributed by atoms with Crippen molar-refractivity contribution in [2.24, 2.45) is 5.92 Å². The van der Waals surface area contributed by atoms with E-state index in [4.69, 9.17) is 5.73 Å². The largest absolute Gasteiger partial charge is 0.383 e. The van der Waals surface area contributed by atoms with Gasteiger partial charge >= 0.3 is 0 Å². The Labute approximate surface area is 99.2 Å². The van der Waals surface area contributed by atoms with Crippen molar-refractivity contribution in [3.8, 4) is 0 Å². The minimum atomic E-state index is 0.411. The van der Waals surface area contributed by atoms with Gasteiger partial charge in [0.1, 0.15) is 5.82 Å². The molecule has 1 atom stereocenters. The number of nitrogens with zero attached hydrogens (tertiary/aromatic N) is 2. The van der Waals surface area contributed by atoms with E-state index < -0.39 is 0 Å². The van der Waals surface area contributed by atoms with Gasteiger partial charge in [-0.3, -0.25) is 0 Å². The van der Waals surface area contributed by atoms with Crippen LogP contribution in [0.5, 0.6) is 0 Å². The quantitative estimate of drug-likeness (QED) is 0.917. The number of aromatic nitrogens is 2. The molecule has 15 heavy (non-hydrogen) atoms. The summed E-state index contributed by atoms with van der Waals surface area (Å²) in [5, 5.41) is 4.61. The normalized spacial score (nSPS) is 18.5. The highest BCUT2D eigenvalue weighted by molar-refractivity contribution is 9.10. The molecule has 0 aromatic carbocycles. The van der Waals surface area contributed by atoms with E-state index in [2.05, 4.69) is 41.8 Å². The molecule has 2 N–H and O–H groups in total. The van der Waals surface area contributed by atoms with Crippen molar-refractivity contribution < 1.29 is 0 Å². The van der Waals surface area contributed by atoms with Crippen molar-refractivity contribution in [1.29, 1.82) is 0 Å². The highest BCUT2D eigenvalue weighted by Crippen LogP contribution is 2.42. The van der Waals surface area contributed by atoms with E-state index >= 15 is 0 Å². The second-order valence-corrected chi connectivity index (χ2v) is 5.55. The number of hydrogen-bond donors (Lipinski definition) is 1. The average Bonchev–Trinajstić information content (AvgIpc) is 2.95. The highest BCUT2D eigenvalue weighted by atomic mass is 79.9. The molecule has 1 aromatic rings. The van der Waals surface area contributed by atoms with Crippen molar-refractivity contribution in [2.75, 3.05) is 5.73 Å². The van der Waals surface area contributed by atoms with E-state index in [9.17, 15) is 0 Å². The third-order valence-electron chi connectivity index (χ3n) is 3.15. The predicted molar refractivity (Wildman–Crippen MR) is 65.9 cm³/mol. The lowest BCUT2D eigenvalue weighted by Crippen LogP contribution is -2.12. The molecule has 1 aliphatic carbocycles. The Morgan fingerprint density at radius 1 is 1.40 bits per heavy atom. The smallest absolute Gasteiger partial charge is 0.136 e. The Balaban J connectivity index is 2.35. The van der Waals surface area contributed by atoms with Crippen LogP contribution in [0.2, 0.25) is 0 Å². The maximum absolute atomic E-state index is 6.06. The van der Waals surface area contributed by atoms with Gasteiger partial charge in [-0.05, 0) is 47.5 Å². The van der Waals surface area contributed by atoms with Gasteiger partial charge in [0.15, 0.2) is 0 Å². The molecule has 4 heteroatoms. The molecule has 84 valence electrons. The second-order valence-electron chi connectivity index (χ2n) is 4.76. The van der Waals surface area contributed by atoms with E-state index in [1.165, 1.54) is 12.8 Å². The number of anilines is 1. The zero-order valence-corrected chi connectivity index (χ0v) is 11.1. The summed E-state index contributed by atoms with van der Waals surface area (Å²) in [6, 6.07) is 0.439. The molecule has 0 amide bonds. The van der Waals surface area contributed by atoms with Gasteiger partial charge in [-0.25, -0.2) is 4.68 Å². The first-order valence-corrected chi connectivity index (χ1v) is 6.35. The minimum Gasteiger partial charge on any atom is -0.383 e. The van der Waals surface area contributed by atoms with E-state index in [-0.39, 0.29) is 0 Å². The van der Waals surface area contributed by atoms with Gasteiger partial charge in [0.2, 0.25) is 0 Å². The number of nitrogens with two attached hydrogens (primary N) is 1. The lowest BCUT2D eigenvalue weighted by atomic mass is 10.1. The minimum absolute atomic E-state index is 0.411. The lowest BCUT2D eigenvalue weighted by Gasteiger charge is -2.12. The van der Waals surface area contributed by atoms with E-state index in [1.807, 2.05) is 4.68 Å². The zero-order valence-electron chi connectivity index (χ0n) is 9.50. The summed E-state index contributed by atoms with van der Waals surface area (Å²) in [7, 11) is 0. The molecule has 0 saturated heterocycles. The van der Waals surface area contributed by atoms with Crippen LogP contribution < -0.4 is 5.73 Å². The predicted octanol–water partition coefficient (Wildman–Crippen LogP) is 3.32. The van der Waals surface area contributed by atoms with Gasteiger partial charge in [0, 0.05) is 0 Å². The average molecular weight is 272 g/mol. The Morgan fingerprint density at radius 3 is 2.40 bits per heavy atom. The molecule has 1 aliphatic rings. The van der Waals surface area contributed by atoms with E-state index in [1.54, 1.807) is 0 Å². The number of halogens is 1. The summed E-state index contributed by atoms with van der Waals surface area (Å²) in [5.74, 6) is 1.96. The van der Waals surface area contributed by atoms with Crippen LogP contribution in [0.15, 0.2) is 4.47 Å². The number of hydrogen-bond acceptors (Lipinski definition) is 2. The van der Waals surface area contributed by atoms with Crippen molar-refractivity contribution in [1.82, 2.24) is 9.78 Å². The number of nitrogen functional groups attached to an aromatic ring is 1. The second kappa shape index (κ2) is 3.81. The summed E-state index contributed by atoms with van der Waals surface area (Å²) in [6.45, 7) is 6.48. The third-order valence-corrected chi connectivity index (χ3v) is 3.96. The van der Waals surface area contributed by atoms with Crippen molar-refractivity contribution in [2.45, 2.75) is 45.6 Å². The fourth-order valence-electron chi connectivity index (χ4n) is 1.90. The fourth-order valence-corrected chi connectivity index (χ4v) is 2.62. The Morgan fingerprint density at radius 2 is 2.00 bits per heavy atom. The first-order chi connectivity index (χ1) is 7.02. The van der Waals surface area contributed by atoms with Gasteiger partial charge in [-0.2, -0.15) is 5.10 Å². The van der Waals surface area contributed by atoms with Crippen LogP contribution in [0.1, 0.15) is 51.3 Å². The van der Waals surface area contributed by atoms with Gasteiger partial charge in [0.05, 0.1) is 16.2 Å². The Bertz CT molecular complexity index is 366. The molecule has 1 saturated carbocycles. The van der Waals surface area contributed by atoms with Crippen molar-refractivity contribution in [3.05, 3.63) is 10.2 Å². The van der Waals surface area contributed by atoms with Gasteiger partial charge in [-0.1, -0.05) is 13.8 Å². The molecular weight excluding hydrogens is 254 g/mol. The SMILES string of the molecule is CC(C)c1nn(C(C)C2CC2)c(N)c1Br. The van der Waals surface area contributed by atoms with E-state index in [0.29, 0.717) is 12.0 Å². The Kier molecular flexibility index (Phi) is 2.79. The summed E-state index contributed by atoms with van der Waals surface area (Å²) in [6.07, 6.45) is 2.63. The summed E-state index contributed by atoms with van der Waals surface area (Å²) in [5.41, 5.74) is 7.13. The summed E-state index contributed by atoms with van der Waals surface area (Å²) in [4.78, 5) is 0. The molecule has 0 radical (unpaired) electrons. The van der Waals surface area contributed by atoms with Crippen LogP contribution in [0.3, 0.4) is 0 Å². The molecular formula is C11H18BrN3. The lowest BCUT2D eigenvalue weighted by molar-refractivity contribution is 0.441.